The molecule has 0 saturated carbocycles. The van der Waals surface area contributed by atoms with Gasteiger partial charge in [0.15, 0.2) is 0 Å². The number of likely N-dealkylation sites (N-methyl/N-ethyl adjacent to an activating group) is 1. The van der Waals surface area contributed by atoms with Crippen LogP contribution in [0, 0.1) is 6.92 Å². The first-order chi connectivity index (χ1) is 9.18. The molecule has 0 radical (unpaired) electrons. The maximum absolute atomic E-state index is 12.0. The van der Waals surface area contributed by atoms with E-state index in [1.807, 2.05) is 0 Å². The third-order valence-electron chi connectivity index (χ3n) is 2.93. The van der Waals surface area contributed by atoms with E-state index in [-0.39, 0.29) is 5.95 Å². The van der Waals surface area contributed by atoms with Gasteiger partial charge in [0.05, 0.1) is 7.11 Å². The lowest BCUT2D eigenvalue weighted by atomic mass is 10.1. The van der Waals surface area contributed by atoms with Gasteiger partial charge in [-0.2, -0.15) is 4.98 Å². The van der Waals surface area contributed by atoms with Crippen molar-refractivity contribution in [1.82, 2.24) is 14.9 Å². The Hall–Kier alpha value is -2.38. The summed E-state index contributed by atoms with van der Waals surface area (Å²) < 4.78 is 4.97. The highest BCUT2D eigenvalue weighted by atomic mass is 16.5. The predicted molar refractivity (Wildman–Crippen MR) is 71.8 cm³/mol. The van der Waals surface area contributed by atoms with E-state index in [0.29, 0.717) is 11.6 Å². The second-order valence-corrected chi connectivity index (χ2v) is 4.73. The van der Waals surface area contributed by atoms with E-state index < -0.39 is 17.5 Å². The van der Waals surface area contributed by atoms with Crippen LogP contribution in [0.25, 0.3) is 0 Å². The van der Waals surface area contributed by atoms with E-state index in [2.05, 4.69) is 15.3 Å². The number of carboxylic acid groups (broad SMARTS) is 1. The maximum atomic E-state index is 12.0. The standard InChI is InChI=1S/C12H18N4O4/c1-7-6-8(20-5)14-10(13-7)15-11(19)16(4)12(2,3)9(17)18/h6H,1-5H3,(H,17,18)(H,13,14,15,19). The van der Waals surface area contributed by atoms with Crippen molar-refractivity contribution in [2.45, 2.75) is 26.3 Å². The van der Waals surface area contributed by atoms with Gasteiger partial charge in [0.1, 0.15) is 5.54 Å². The molecule has 0 bridgehead atoms. The molecule has 110 valence electrons. The zero-order valence-corrected chi connectivity index (χ0v) is 12.1. The smallest absolute Gasteiger partial charge is 0.329 e. The van der Waals surface area contributed by atoms with Gasteiger partial charge in [-0.1, -0.05) is 0 Å². The number of aryl methyl sites for hydroxylation is 1. The van der Waals surface area contributed by atoms with Gasteiger partial charge in [0.25, 0.3) is 0 Å². The van der Waals surface area contributed by atoms with Crippen molar-refractivity contribution in [3.05, 3.63) is 11.8 Å². The lowest BCUT2D eigenvalue weighted by molar-refractivity contribution is -0.146. The van der Waals surface area contributed by atoms with Crippen LogP contribution in [-0.2, 0) is 4.79 Å². The SMILES string of the molecule is COc1cc(C)nc(NC(=O)N(C)C(C)(C)C(=O)O)n1. The summed E-state index contributed by atoms with van der Waals surface area (Å²) in [5.41, 5.74) is -0.731. The lowest BCUT2D eigenvalue weighted by Crippen LogP contribution is -2.52. The Bertz CT molecular complexity index is 530. The van der Waals surface area contributed by atoms with E-state index in [0.717, 1.165) is 4.90 Å². The van der Waals surface area contributed by atoms with Gasteiger partial charge in [0.2, 0.25) is 11.8 Å². The van der Waals surface area contributed by atoms with Crippen LogP contribution in [0.5, 0.6) is 5.88 Å². The first-order valence-corrected chi connectivity index (χ1v) is 5.86. The minimum absolute atomic E-state index is 0.0555. The molecule has 20 heavy (non-hydrogen) atoms. The number of urea groups is 1. The molecule has 0 atom stereocenters. The van der Waals surface area contributed by atoms with Crippen LogP contribution in [0.4, 0.5) is 10.7 Å². The van der Waals surface area contributed by atoms with Crippen LogP contribution in [0.2, 0.25) is 0 Å². The summed E-state index contributed by atoms with van der Waals surface area (Å²) in [7, 11) is 2.84. The van der Waals surface area contributed by atoms with Crippen molar-refractivity contribution >= 4 is 17.9 Å². The summed E-state index contributed by atoms with van der Waals surface area (Å²) >= 11 is 0. The number of hydrogen-bond donors (Lipinski definition) is 2. The van der Waals surface area contributed by atoms with Gasteiger partial charge < -0.3 is 14.7 Å². The fourth-order valence-electron chi connectivity index (χ4n) is 1.28. The molecule has 0 unspecified atom stereocenters. The van der Waals surface area contributed by atoms with E-state index in [1.54, 1.807) is 13.0 Å². The molecule has 0 aliphatic heterocycles. The molecule has 1 aromatic rings. The average Bonchev–Trinajstić information content (AvgIpc) is 2.36. The summed E-state index contributed by atoms with van der Waals surface area (Å²) in [4.78, 5) is 32.2. The molecule has 8 heteroatoms. The highest BCUT2D eigenvalue weighted by Crippen LogP contribution is 2.15. The van der Waals surface area contributed by atoms with Gasteiger partial charge in [-0.05, 0) is 20.8 Å². The van der Waals surface area contributed by atoms with Crippen molar-refractivity contribution in [3.8, 4) is 5.88 Å². The third kappa shape index (κ3) is 3.34. The third-order valence-corrected chi connectivity index (χ3v) is 2.93. The predicted octanol–water partition coefficient (Wildman–Crippen LogP) is 1.12. The second-order valence-electron chi connectivity index (χ2n) is 4.73. The number of ether oxygens (including phenoxy) is 1. The second kappa shape index (κ2) is 5.72. The summed E-state index contributed by atoms with van der Waals surface area (Å²) in [5, 5.41) is 11.5. The maximum Gasteiger partial charge on any atom is 0.329 e. The number of nitrogens with one attached hydrogen (secondary N) is 1. The van der Waals surface area contributed by atoms with E-state index >= 15 is 0 Å². The van der Waals surface area contributed by atoms with Crippen LogP contribution in [0.15, 0.2) is 6.07 Å². The van der Waals surface area contributed by atoms with Crippen molar-refractivity contribution in [3.63, 3.8) is 0 Å². The Labute approximate surface area is 116 Å². The number of carbonyl (C=O) groups is 2. The molecule has 0 saturated heterocycles. The zero-order valence-electron chi connectivity index (χ0n) is 12.1. The van der Waals surface area contributed by atoms with Crippen molar-refractivity contribution in [2.75, 3.05) is 19.5 Å². The van der Waals surface area contributed by atoms with Crippen LogP contribution < -0.4 is 10.1 Å². The molecule has 0 aliphatic carbocycles. The largest absolute Gasteiger partial charge is 0.481 e. The Morgan fingerprint density at radius 3 is 2.50 bits per heavy atom. The Kier molecular flexibility index (Phi) is 4.49. The van der Waals surface area contributed by atoms with Gasteiger partial charge >= 0.3 is 12.0 Å². The number of carboxylic acids is 1. The number of methoxy groups -OCH3 is 1. The summed E-state index contributed by atoms with van der Waals surface area (Å²) in [6.45, 7) is 4.57. The number of anilines is 1. The fraction of sp³-hybridized carbons (Fsp3) is 0.500. The van der Waals surface area contributed by atoms with Gasteiger partial charge in [-0.25, -0.2) is 14.6 Å². The van der Waals surface area contributed by atoms with Crippen LogP contribution >= 0.6 is 0 Å². The molecule has 2 N–H and O–H groups in total. The number of carbonyl (C=O) groups excluding carboxylic acids is 1. The topological polar surface area (TPSA) is 105 Å². The van der Waals surface area contributed by atoms with E-state index in [9.17, 15) is 9.59 Å². The van der Waals surface area contributed by atoms with Crippen LogP contribution in [0.3, 0.4) is 0 Å². The molecule has 1 rings (SSSR count). The highest BCUT2D eigenvalue weighted by Gasteiger charge is 2.35. The van der Waals surface area contributed by atoms with Crippen molar-refractivity contribution < 1.29 is 19.4 Å². The molecule has 1 heterocycles. The summed E-state index contributed by atoms with van der Waals surface area (Å²) in [6.07, 6.45) is 0. The molecule has 8 nitrogen and oxygen atoms in total. The Balaban J connectivity index is 2.91. The van der Waals surface area contributed by atoms with Gasteiger partial charge in [-0.15, -0.1) is 0 Å². The molecule has 1 aromatic heterocycles. The number of hydrogen-bond acceptors (Lipinski definition) is 5. The molecule has 0 fully saturated rings. The molecule has 0 aliphatic rings. The minimum atomic E-state index is -1.35. The first kappa shape index (κ1) is 15.7. The van der Waals surface area contributed by atoms with E-state index in [1.165, 1.54) is 28.0 Å². The number of aliphatic carboxylic acids is 1. The molecular weight excluding hydrogens is 264 g/mol. The molecule has 2 amide bonds. The number of amides is 2. The molecular formula is C12H18N4O4. The highest BCUT2D eigenvalue weighted by molar-refractivity contribution is 5.92. The molecule has 0 aromatic carbocycles. The minimum Gasteiger partial charge on any atom is -0.481 e. The van der Waals surface area contributed by atoms with Gasteiger partial charge in [-0.3, -0.25) is 5.32 Å². The van der Waals surface area contributed by atoms with Crippen molar-refractivity contribution in [2.24, 2.45) is 0 Å². The van der Waals surface area contributed by atoms with Crippen LogP contribution in [0.1, 0.15) is 19.5 Å². The normalized spacial score (nSPS) is 10.8. The molecule has 0 spiro atoms. The Morgan fingerprint density at radius 1 is 1.40 bits per heavy atom. The summed E-state index contributed by atoms with van der Waals surface area (Å²) in [5.74, 6) is -0.745. The summed E-state index contributed by atoms with van der Waals surface area (Å²) in [6, 6.07) is 0.991. The van der Waals surface area contributed by atoms with Crippen molar-refractivity contribution in [1.29, 1.82) is 0 Å². The fourth-order valence-corrected chi connectivity index (χ4v) is 1.28. The number of nitrogens with zero attached hydrogens (tertiary/aromatic N) is 3. The van der Waals surface area contributed by atoms with Crippen LogP contribution in [-0.4, -0.2) is 51.7 Å². The Morgan fingerprint density at radius 2 is 2.00 bits per heavy atom. The monoisotopic (exact) mass is 282 g/mol. The average molecular weight is 282 g/mol. The lowest BCUT2D eigenvalue weighted by Gasteiger charge is -2.31. The van der Waals surface area contributed by atoms with Gasteiger partial charge in [0, 0.05) is 18.8 Å². The number of aromatic nitrogens is 2. The first-order valence-electron chi connectivity index (χ1n) is 5.86. The zero-order chi connectivity index (χ0) is 15.5. The number of rotatable bonds is 4. The van der Waals surface area contributed by atoms with E-state index in [4.69, 9.17) is 9.84 Å². The quantitative estimate of drug-likeness (QED) is 0.857.